The van der Waals surface area contributed by atoms with E-state index in [-0.39, 0.29) is 0 Å². The molecular weight excluding hydrogens is 423 g/mol. The molecule has 0 radical (unpaired) electrons. The number of benzene rings is 2. The predicted molar refractivity (Wildman–Crippen MR) is 117 cm³/mol. The summed E-state index contributed by atoms with van der Waals surface area (Å²) in [6.45, 7) is 6.94. The second-order valence-electron chi connectivity index (χ2n) is 7.46. The van der Waals surface area contributed by atoms with Crippen LogP contribution in [0.25, 0.3) is 11.1 Å². The summed E-state index contributed by atoms with van der Waals surface area (Å²) in [5.74, 6) is 1.14. The molecule has 1 nitrogen and oxygen atoms in total. The number of unbranched alkanes of at least 4 members (excludes halogenated alkanes) is 3. The van der Waals surface area contributed by atoms with Crippen LogP contribution in [0, 0.1) is 0 Å². The third-order valence-corrected chi connectivity index (χ3v) is 17.9. The zero-order chi connectivity index (χ0) is 18.7. The summed E-state index contributed by atoms with van der Waals surface area (Å²) >= 11 is -2.66. The molecule has 0 spiro atoms. The minimum absolute atomic E-state index is 1.14. The van der Waals surface area contributed by atoms with Gasteiger partial charge >= 0.3 is 166 Å². The Kier molecular flexibility index (Phi) is 9.59. The van der Waals surface area contributed by atoms with Crippen LogP contribution < -0.4 is 3.07 Å². The van der Waals surface area contributed by atoms with Gasteiger partial charge in [0.25, 0.3) is 0 Å². The molecule has 0 N–H and O–H groups in total. The summed E-state index contributed by atoms with van der Waals surface area (Å²) in [5.41, 5.74) is 2.53. The zero-order valence-electron chi connectivity index (χ0n) is 17.0. The van der Waals surface area contributed by atoms with E-state index >= 15 is 0 Å². The van der Waals surface area contributed by atoms with Crippen LogP contribution in [0.5, 0.6) is 5.75 Å². The van der Waals surface area contributed by atoms with E-state index < -0.39 is 18.8 Å². The van der Waals surface area contributed by atoms with E-state index in [1.54, 1.807) is 0 Å². The molecule has 0 aliphatic rings. The average Bonchev–Trinajstić information content (AvgIpc) is 2.70. The van der Waals surface area contributed by atoms with Gasteiger partial charge in [-0.25, -0.2) is 0 Å². The van der Waals surface area contributed by atoms with Crippen molar-refractivity contribution in [1.29, 1.82) is 0 Å². The molecule has 0 bridgehead atoms. The van der Waals surface area contributed by atoms with Crippen LogP contribution in [0.15, 0.2) is 54.6 Å². The monoisotopic (exact) mass is 460 g/mol. The Balaban J connectivity index is 2.34. The van der Waals surface area contributed by atoms with Gasteiger partial charge in [0.05, 0.1) is 0 Å². The van der Waals surface area contributed by atoms with Gasteiger partial charge in [-0.1, -0.05) is 0 Å². The van der Waals surface area contributed by atoms with E-state index in [0.717, 1.165) is 5.75 Å². The van der Waals surface area contributed by atoms with Gasteiger partial charge in [0.2, 0.25) is 0 Å². The molecule has 0 heterocycles. The standard InChI is InChI=1S/C12H10O.3C4H9.Sn/c13-12-9-5-4-8-11(12)10-6-2-1-3-7-10;3*1-3-4-2;/h1-9,13H;3*1,3-4H2,2H3;/q;;;;+1/p-1. The van der Waals surface area contributed by atoms with Gasteiger partial charge in [0.15, 0.2) is 0 Å². The molecule has 0 amide bonds. The number of para-hydroxylation sites is 1. The summed E-state index contributed by atoms with van der Waals surface area (Å²) < 4.78 is 11.2. The normalized spacial score (nSPS) is 11.5. The first-order valence-electron chi connectivity index (χ1n) is 10.6. The Morgan fingerprint density at radius 2 is 1.15 bits per heavy atom. The summed E-state index contributed by atoms with van der Waals surface area (Å²) in [7, 11) is 0. The quantitative estimate of drug-likeness (QED) is 0.292. The number of rotatable bonds is 12. The van der Waals surface area contributed by atoms with Gasteiger partial charge in [-0.05, 0) is 0 Å². The minimum atomic E-state index is -2.66. The average molecular weight is 459 g/mol. The molecule has 0 atom stereocenters. The molecular formula is C24H36OSn. The first-order chi connectivity index (χ1) is 12.7. The fraction of sp³-hybridized carbons (Fsp3) is 0.500. The van der Waals surface area contributed by atoms with Gasteiger partial charge in [0, 0.05) is 0 Å². The molecule has 0 saturated carbocycles. The molecule has 0 aliphatic heterocycles. The summed E-state index contributed by atoms with van der Waals surface area (Å²) in [6.07, 6.45) is 7.83. The number of hydrogen-bond donors (Lipinski definition) is 0. The van der Waals surface area contributed by atoms with Gasteiger partial charge in [-0.15, -0.1) is 0 Å². The SMILES string of the molecule is CCC[CH2][Sn]([CH2]CCC)([CH2]CCC)[O]c1ccccc1-c1ccccc1. The van der Waals surface area contributed by atoms with Crippen LogP contribution in [0.2, 0.25) is 13.3 Å². The maximum atomic E-state index is 7.10. The van der Waals surface area contributed by atoms with Crippen molar-refractivity contribution in [3.05, 3.63) is 54.6 Å². The number of hydrogen-bond acceptors (Lipinski definition) is 1. The van der Waals surface area contributed by atoms with Crippen molar-refractivity contribution in [2.75, 3.05) is 0 Å². The summed E-state index contributed by atoms with van der Waals surface area (Å²) in [4.78, 5) is 0. The Morgan fingerprint density at radius 3 is 1.69 bits per heavy atom. The van der Waals surface area contributed by atoms with Crippen LogP contribution in [-0.4, -0.2) is 18.8 Å². The Morgan fingerprint density at radius 1 is 0.654 bits per heavy atom. The van der Waals surface area contributed by atoms with E-state index in [1.807, 2.05) is 0 Å². The van der Waals surface area contributed by atoms with Crippen molar-refractivity contribution >= 4 is 18.8 Å². The van der Waals surface area contributed by atoms with Crippen molar-refractivity contribution in [3.63, 3.8) is 0 Å². The van der Waals surface area contributed by atoms with Crippen LogP contribution in [0.4, 0.5) is 0 Å². The molecule has 2 aromatic carbocycles. The third-order valence-electron chi connectivity index (χ3n) is 5.26. The van der Waals surface area contributed by atoms with Crippen LogP contribution in [0.1, 0.15) is 59.3 Å². The predicted octanol–water partition coefficient (Wildman–Crippen LogP) is 8.08. The van der Waals surface area contributed by atoms with Crippen molar-refractivity contribution in [1.82, 2.24) is 0 Å². The molecule has 0 saturated heterocycles. The molecule has 0 aliphatic carbocycles. The van der Waals surface area contributed by atoms with E-state index in [9.17, 15) is 0 Å². The second-order valence-corrected chi connectivity index (χ2v) is 19.1. The molecule has 0 unspecified atom stereocenters. The van der Waals surface area contributed by atoms with Gasteiger partial charge in [-0.2, -0.15) is 0 Å². The van der Waals surface area contributed by atoms with E-state index in [2.05, 4.69) is 75.4 Å². The Bertz CT molecular complexity index is 601. The molecule has 0 aromatic heterocycles. The Hall–Kier alpha value is -0.961. The fourth-order valence-corrected chi connectivity index (χ4v) is 17.1. The topological polar surface area (TPSA) is 9.23 Å². The first-order valence-corrected chi connectivity index (χ1v) is 17.8. The second kappa shape index (κ2) is 11.7. The molecule has 142 valence electrons. The molecule has 2 heteroatoms. The summed E-state index contributed by atoms with van der Waals surface area (Å²) in [6, 6.07) is 19.4. The van der Waals surface area contributed by atoms with Gasteiger partial charge < -0.3 is 0 Å². The van der Waals surface area contributed by atoms with E-state index in [1.165, 1.54) is 63.0 Å². The fourth-order valence-electron chi connectivity index (χ4n) is 3.67. The van der Waals surface area contributed by atoms with Crippen LogP contribution in [-0.2, 0) is 0 Å². The van der Waals surface area contributed by atoms with Crippen LogP contribution >= 0.6 is 0 Å². The van der Waals surface area contributed by atoms with Gasteiger partial charge in [0.1, 0.15) is 0 Å². The molecule has 2 aromatic rings. The maximum absolute atomic E-state index is 7.10. The van der Waals surface area contributed by atoms with Gasteiger partial charge in [-0.3, -0.25) is 0 Å². The van der Waals surface area contributed by atoms with Crippen molar-refractivity contribution in [2.45, 2.75) is 72.6 Å². The summed E-state index contributed by atoms with van der Waals surface area (Å²) in [5, 5.41) is 0. The van der Waals surface area contributed by atoms with Crippen molar-refractivity contribution < 1.29 is 3.07 Å². The first kappa shape index (κ1) is 21.3. The molecule has 26 heavy (non-hydrogen) atoms. The molecule has 2 rings (SSSR count). The zero-order valence-corrected chi connectivity index (χ0v) is 19.8. The van der Waals surface area contributed by atoms with Crippen molar-refractivity contribution in [2.24, 2.45) is 0 Å². The third kappa shape index (κ3) is 6.33. The van der Waals surface area contributed by atoms with Crippen LogP contribution in [0.3, 0.4) is 0 Å². The van der Waals surface area contributed by atoms with E-state index in [0.29, 0.717) is 0 Å². The molecule has 0 fully saturated rings. The van der Waals surface area contributed by atoms with E-state index in [4.69, 9.17) is 3.07 Å². The Labute approximate surface area is 165 Å². The van der Waals surface area contributed by atoms with Crippen molar-refractivity contribution in [3.8, 4) is 16.9 Å².